The molecule has 0 amide bonds. The summed E-state index contributed by atoms with van der Waals surface area (Å²) in [6.45, 7) is 11.2. The van der Waals surface area contributed by atoms with Crippen LogP contribution in [0.5, 0.6) is 0 Å². The smallest absolute Gasteiger partial charge is 0.0767 e. The van der Waals surface area contributed by atoms with E-state index in [-0.39, 0.29) is 0 Å². The van der Waals surface area contributed by atoms with Gasteiger partial charge in [-0.15, -0.1) is 0 Å². The van der Waals surface area contributed by atoms with Crippen molar-refractivity contribution in [3.8, 4) is 0 Å². The fourth-order valence-corrected chi connectivity index (χ4v) is 2.21. The zero-order valence-corrected chi connectivity index (χ0v) is 13.7. The number of nitrogens with zero attached hydrogens (tertiary/aromatic N) is 2. The molecule has 0 aliphatic rings. The van der Waals surface area contributed by atoms with Gasteiger partial charge in [-0.2, -0.15) is 0 Å². The lowest BCUT2D eigenvalue weighted by atomic mass is 9.95. The second-order valence-corrected chi connectivity index (χ2v) is 6.38. The first-order valence-corrected chi connectivity index (χ1v) is 7.62. The maximum Gasteiger partial charge on any atom is 0.0767 e. The molecule has 1 unspecified atom stereocenters. The van der Waals surface area contributed by atoms with E-state index in [1.165, 1.54) is 0 Å². The highest BCUT2D eigenvalue weighted by atomic mass is 16.3. The molecule has 0 rings (SSSR count). The average Bonchev–Trinajstić information content (AvgIpc) is 2.34. The van der Waals surface area contributed by atoms with Gasteiger partial charge in [-0.25, -0.2) is 0 Å². The lowest BCUT2D eigenvalue weighted by molar-refractivity contribution is 0.0311. The van der Waals surface area contributed by atoms with Crippen molar-refractivity contribution < 1.29 is 5.11 Å². The van der Waals surface area contributed by atoms with Crippen LogP contribution in [0.1, 0.15) is 40.0 Å². The van der Waals surface area contributed by atoms with E-state index >= 15 is 0 Å². The van der Waals surface area contributed by atoms with Crippen molar-refractivity contribution in [1.29, 1.82) is 0 Å². The van der Waals surface area contributed by atoms with E-state index in [1.54, 1.807) is 0 Å². The van der Waals surface area contributed by atoms with Crippen molar-refractivity contribution in [1.82, 2.24) is 9.80 Å². The van der Waals surface area contributed by atoms with Crippen LogP contribution < -0.4 is 5.73 Å². The third-order valence-corrected chi connectivity index (χ3v) is 3.64. The van der Waals surface area contributed by atoms with Crippen LogP contribution in [0.25, 0.3) is 0 Å². The molecule has 0 aromatic heterocycles. The maximum absolute atomic E-state index is 10.2. The van der Waals surface area contributed by atoms with Crippen molar-refractivity contribution in [3.05, 3.63) is 0 Å². The Balaban J connectivity index is 4.10. The number of rotatable bonds is 11. The summed E-state index contributed by atoms with van der Waals surface area (Å²) >= 11 is 0. The minimum atomic E-state index is -0.662. The van der Waals surface area contributed by atoms with Crippen molar-refractivity contribution >= 4 is 0 Å². The second-order valence-electron chi connectivity index (χ2n) is 6.38. The van der Waals surface area contributed by atoms with Gasteiger partial charge in [0, 0.05) is 26.2 Å². The molecule has 0 aromatic rings. The van der Waals surface area contributed by atoms with Gasteiger partial charge in [0.05, 0.1) is 5.60 Å². The predicted octanol–water partition coefficient (Wildman–Crippen LogP) is 1.39. The number of nitrogens with two attached hydrogens (primary N) is 1. The van der Waals surface area contributed by atoms with E-state index in [4.69, 9.17) is 5.73 Å². The topological polar surface area (TPSA) is 52.7 Å². The molecule has 0 aliphatic heterocycles. The first kappa shape index (κ1) is 18.8. The Morgan fingerprint density at radius 2 is 1.79 bits per heavy atom. The molecule has 0 heterocycles. The first-order valence-electron chi connectivity index (χ1n) is 7.62. The van der Waals surface area contributed by atoms with Gasteiger partial charge in [0.1, 0.15) is 0 Å². The van der Waals surface area contributed by atoms with Crippen LogP contribution in [0.15, 0.2) is 0 Å². The lowest BCUT2D eigenvalue weighted by Crippen LogP contribution is -2.39. The molecule has 4 nitrogen and oxygen atoms in total. The van der Waals surface area contributed by atoms with E-state index in [9.17, 15) is 5.11 Å². The largest absolute Gasteiger partial charge is 0.389 e. The van der Waals surface area contributed by atoms with E-state index < -0.39 is 5.60 Å². The van der Waals surface area contributed by atoms with Crippen LogP contribution in [0.3, 0.4) is 0 Å². The van der Waals surface area contributed by atoms with E-state index in [2.05, 4.69) is 37.7 Å². The highest BCUT2D eigenvalue weighted by Crippen LogP contribution is 2.16. The third-order valence-electron chi connectivity index (χ3n) is 3.64. The van der Waals surface area contributed by atoms with Crippen LogP contribution in [-0.4, -0.2) is 67.3 Å². The van der Waals surface area contributed by atoms with Gasteiger partial charge in [0.25, 0.3) is 0 Å². The summed E-state index contributed by atoms with van der Waals surface area (Å²) in [7, 11) is 4.22. The summed E-state index contributed by atoms with van der Waals surface area (Å²) in [6.07, 6.45) is 2.56. The summed E-state index contributed by atoms with van der Waals surface area (Å²) in [5, 5.41) is 10.2. The normalized spacial score (nSPS) is 15.5. The molecule has 19 heavy (non-hydrogen) atoms. The monoisotopic (exact) mass is 273 g/mol. The van der Waals surface area contributed by atoms with Gasteiger partial charge in [-0.3, -0.25) is 0 Å². The molecule has 0 bridgehead atoms. The molecule has 0 aliphatic carbocycles. The Labute approximate surface area is 120 Å². The minimum Gasteiger partial charge on any atom is -0.389 e. The molecule has 0 aromatic carbocycles. The van der Waals surface area contributed by atoms with Crippen LogP contribution in [0.2, 0.25) is 0 Å². The SMILES string of the molecule is CCC(O)(CN)CCCN(CCN(C)C)CC(C)C. The zero-order chi connectivity index (χ0) is 14.9. The van der Waals surface area contributed by atoms with E-state index in [0.717, 1.165) is 45.4 Å². The molecule has 0 fully saturated rings. The van der Waals surface area contributed by atoms with E-state index in [0.29, 0.717) is 12.5 Å². The summed E-state index contributed by atoms with van der Waals surface area (Å²) in [6, 6.07) is 0. The molecular formula is C15H35N3O. The van der Waals surface area contributed by atoms with Crippen LogP contribution in [0.4, 0.5) is 0 Å². The number of hydrogen-bond acceptors (Lipinski definition) is 4. The summed E-state index contributed by atoms with van der Waals surface area (Å²) in [4.78, 5) is 4.72. The summed E-state index contributed by atoms with van der Waals surface area (Å²) in [5.41, 5.74) is 4.98. The zero-order valence-electron chi connectivity index (χ0n) is 13.7. The molecule has 116 valence electrons. The number of hydrogen-bond donors (Lipinski definition) is 2. The van der Waals surface area contributed by atoms with Gasteiger partial charge in [-0.1, -0.05) is 20.8 Å². The Morgan fingerprint density at radius 1 is 1.16 bits per heavy atom. The van der Waals surface area contributed by atoms with Crippen molar-refractivity contribution in [2.75, 3.05) is 46.8 Å². The Hall–Kier alpha value is -0.160. The molecule has 4 heteroatoms. The minimum absolute atomic E-state index is 0.366. The van der Waals surface area contributed by atoms with E-state index in [1.807, 2.05) is 6.92 Å². The third kappa shape index (κ3) is 9.38. The fourth-order valence-electron chi connectivity index (χ4n) is 2.21. The average molecular weight is 273 g/mol. The Morgan fingerprint density at radius 3 is 2.21 bits per heavy atom. The van der Waals surface area contributed by atoms with Gasteiger partial charge in [0.2, 0.25) is 0 Å². The lowest BCUT2D eigenvalue weighted by Gasteiger charge is -2.29. The summed E-state index contributed by atoms with van der Waals surface area (Å²) < 4.78 is 0. The molecule has 1 atom stereocenters. The Kier molecular flexibility index (Phi) is 9.62. The Bertz CT molecular complexity index is 215. The van der Waals surface area contributed by atoms with Crippen LogP contribution >= 0.6 is 0 Å². The van der Waals surface area contributed by atoms with Crippen molar-refractivity contribution in [3.63, 3.8) is 0 Å². The van der Waals surface area contributed by atoms with Crippen molar-refractivity contribution in [2.24, 2.45) is 11.7 Å². The molecule has 0 spiro atoms. The molecular weight excluding hydrogens is 238 g/mol. The first-order chi connectivity index (χ1) is 8.83. The van der Waals surface area contributed by atoms with Gasteiger partial charge >= 0.3 is 0 Å². The number of likely N-dealkylation sites (N-methyl/N-ethyl adjacent to an activating group) is 1. The van der Waals surface area contributed by atoms with Gasteiger partial charge < -0.3 is 20.6 Å². The van der Waals surface area contributed by atoms with Crippen LogP contribution in [0, 0.1) is 5.92 Å². The summed E-state index contributed by atoms with van der Waals surface area (Å²) in [5.74, 6) is 0.682. The maximum atomic E-state index is 10.2. The van der Waals surface area contributed by atoms with Crippen LogP contribution in [-0.2, 0) is 0 Å². The molecule has 3 N–H and O–H groups in total. The molecule has 0 saturated carbocycles. The predicted molar refractivity (Wildman–Crippen MR) is 83.4 cm³/mol. The molecule has 0 radical (unpaired) electrons. The highest BCUT2D eigenvalue weighted by molar-refractivity contribution is 4.78. The highest BCUT2D eigenvalue weighted by Gasteiger charge is 2.22. The fraction of sp³-hybridized carbons (Fsp3) is 1.00. The second kappa shape index (κ2) is 9.70. The molecule has 0 saturated heterocycles. The van der Waals surface area contributed by atoms with Gasteiger partial charge in [-0.05, 0) is 45.8 Å². The quantitative estimate of drug-likeness (QED) is 0.597. The van der Waals surface area contributed by atoms with Gasteiger partial charge in [0.15, 0.2) is 0 Å². The number of aliphatic hydroxyl groups is 1. The van der Waals surface area contributed by atoms with Crippen molar-refractivity contribution in [2.45, 2.75) is 45.6 Å². The standard InChI is InChI=1S/C15H35N3O/c1-6-15(19,13-16)8-7-9-18(12-14(2)3)11-10-17(4)5/h14,19H,6-13,16H2,1-5H3.